The van der Waals surface area contributed by atoms with Crippen LogP contribution in [0, 0.1) is 13.8 Å². The number of hydrogen-bond donors (Lipinski definition) is 1. The Kier molecular flexibility index (Phi) is 7.84. The van der Waals surface area contributed by atoms with E-state index in [1.807, 2.05) is 24.3 Å². The Hall–Kier alpha value is -3.76. The van der Waals surface area contributed by atoms with Crippen LogP contribution in [0.3, 0.4) is 0 Å². The minimum Gasteiger partial charge on any atom is -0.462 e. The number of Topliss-reactive ketones (excluding diaryl/α,β-unsaturated/α-hetero) is 1. The van der Waals surface area contributed by atoms with Gasteiger partial charge in [-0.25, -0.2) is 18.0 Å². The zero-order valence-electron chi connectivity index (χ0n) is 21.7. The Bertz CT molecular complexity index is 1510. The number of aromatic amines is 1. The van der Waals surface area contributed by atoms with Gasteiger partial charge in [0.25, 0.3) is 0 Å². The fourth-order valence-electron chi connectivity index (χ4n) is 4.60. The summed E-state index contributed by atoms with van der Waals surface area (Å²) in [5, 5.41) is 0. The molecule has 1 aliphatic heterocycles. The van der Waals surface area contributed by atoms with Gasteiger partial charge in [-0.2, -0.15) is 4.31 Å². The van der Waals surface area contributed by atoms with E-state index in [0.29, 0.717) is 24.2 Å². The molecule has 0 amide bonds. The van der Waals surface area contributed by atoms with Crippen LogP contribution in [0.5, 0.6) is 0 Å². The Morgan fingerprint density at radius 2 is 1.74 bits per heavy atom. The third-order valence-corrected chi connectivity index (χ3v) is 8.46. The maximum absolute atomic E-state index is 13.3. The molecule has 1 unspecified atom stereocenters. The maximum Gasteiger partial charge on any atom is 0.340 e. The van der Waals surface area contributed by atoms with Gasteiger partial charge in [0.05, 0.1) is 28.3 Å². The number of ether oxygens (including phenoxy) is 2. The van der Waals surface area contributed by atoms with E-state index in [1.54, 1.807) is 20.8 Å². The number of ketones is 1. The van der Waals surface area contributed by atoms with Crippen LogP contribution in [-0.2, 0) is 32.5 Å². The molecule has 1 aliphatic rings. The van der Waals surface area contributed by atoms with Crippen LogP contribution in [0.4, 0.5) is 0 Å². The number of aryl methyl sites for hydroxylation is 1. The lowest BCUT2D eigenvalue weighted by Crippen LogP contribution is -2.36. The molecule has 10 heteroatoms. The predicted octanol–water partition coefficient (Wildman–Crippen LogP) is 3.98. The number of carbonyl (C=O) groups is 3. The van der Waals surface area contributed by atoms with E-state index in [4.69, 9.17) is 9.47 Å². The lowest BCUT2D eigenvalue weighted by molar-refractivity contribution is 0.0316. The Morgan fingerprint density at radius 1 is 1.03 bits per heavy atom. The third kappa shape index (κ3) is 5.27. The van der Waals surface area contributed by atoms with Crippen molar-refractivity contribution in [1.82, 2.24) is 9.29 Å². The molecule has 1 N–H and O–H groups in total. The highest BCUT2D eigenvalue weighted by atomic mass is 32.2. The minimum absolute atomic E-state index is 0.00901. The van der Waals surface area contributed by atoms with Crippen LogP contribution in [0.25, 0.3) is 0 Å². The standard InChI is InChI=1S/C28H30N2O7S/c1-5-36-28(33)24-17(2)25(29-18(24)3)26(31)19(4)37-27(32)21-11-8-12-23(15-21)38(34,35)30-14-13-20-9-6-7-10-22(20)16-30/h6-12,15,19,29H,5,13-14,16H2,1-4H3. The Labute approximate surface area is 221 Å². The van der Waals surface area contributed by atoms with Gasteiger partial charge >= 0.3 is 11.9 Å². The second kappa shape index (κ2) is 10.9. The Balaban J connectivity index is 1.50. The van der Waals surface area contributed by atoms with Gasteiger partial charge in [0.1, 0.15) is 0 Å². The number of hydrogen-bond acceptors (Lipinski definition) is 7. The van der Waals surface area contributed by atoms with E-state index >= 15 is 0 Å². The summed E-state index contributed by atoms with van der Waals surface area (Å²) in [4.78, 5) is 41.1. The molecule has 0 bridgehead atoms. The SMILES string of the molecule is CCOC(=O)c1c(C)[nH]c(C(=O)C(C)OC(=O)c2cccc(S(=O)(=O)N3CCc4ccccc4C3)c2)c1C. The van der Waals surface area contributed by atoms with Crippen LogP contribution in [0.1, 0.15) is 67.4 Å². The second-order valence-electron chi connectivity index (χ2n) is 9.14. The van der Waals surface area contributed by atoms with Crippen LogP contribution in [0.15, 0.2) is 53.4 Å². The van der Waals surface area contributed by atoms with Crippen LogP contribution >= 0.6 is 0 Å². The fourth-order valence-corrected chi connectivity index (χ4v) is 6.06. The van der Waals surface area contributed by atoms with Gasteiger partial charge in [0.15, 0.2) is 6.10 Å². The number of benzene rings is 2. The van der Waals surface area contributed by atoms with Gasteiger partial charge in [-0.1, -0.05) is 30.3 Å². The van der Waals surface area contributed by atoms with E-state index in [1.165, 1.54) is 35.5 Å². The number of fused-ring (bicyclic) bond motifs is 1. The first kappa shape index (κ1) is 27.3. The molecule has 0 saturated carbocycles. The van der Waals surface area contributed by atoms with Crippen molar-refractivity contribution in [2.45, 2.75) is 51.7 Å². The third-order valence-electron chi connectivity index (χ3n) is 6.62. The normalized spacial score (nSPS) is 14.4. The predicted molar refractivity (Wildman–Crippen MR) is 140 cm³/mol. The van der Waals surface area contributed by atoms with E-state index in [0.717, 1.165) is 11.1 Å². The van der Waals surface area contributed by atoms with Crippen molar-refractivity contribution < 1.29 is 32.3 Å². The zero-order valence-corrected chi connectivity index (χ0v) is 22.6. The first-order chi connectivity index (χ1) is 18.0. The molecule has 0 fully saturated rings. The van der Waals surface area contributed by atoms with Crippen molar-refractivity contribution in [3.05, 3.63) is 87.7 Å². The summed E-state index contributed by atoms with van der Waals surface area (Å²) < 4.78 is 38.5. The van der Waals surface area contributed by atoms with Crippen molar-refractivity contribution >= 4 is 27.7 Å². The molecule has 3 aromatic rings. The van der Waals surface area contributed by atoms with E-state index in [2.05, 4.69) is 4.98 Å². The molecule has 2 aromatic carbocycles. The minimum atomic E-state index is -3.86. The average molecular weight is 539 g/mol. The quantitative estimate of drug-likeness (QED) is 0.340. The second-order valence-corrected chi connectivity index (χ2v) is 11.1. The largest absolute Gasteiger partial charge is 0.462 e. The molecule has 38 heavy (non-hydrogen) atoms. The first-order valence-corrected chi connectivity index (χ1v) is 13.8. The lowest BCUT2D eigenvalue weighted by atomic mass is 10.0. The molecule has 0 saturated heterocycles. The smallest absolute Gasteiger partial charge is 0.340 e. The summed E-state index contributed by atoms with van der Waals surface area (Å²) >= 11 is 0. The van der Waals surface area contributed by atoms with Crippen molar-refractivity contribution in [3.63, 3.8) is 0 Å². The molecule has 9 nitrogen and oxygen atoms in total. The molecule has 1 aromatic heterocycles. The molecule has 0 aliphatic carbocycles. The topological polar surface area (TPSA) is 123 Å². The maximum atomic E-state index is 13.3. The first-order valence-electron chi connectivity index (χ1n) is 12.3. The molecule has 2 heterocycles. The summed E-state index contributed by atoms with van der Waals surface area (Å²) in [6.45, 7) is 7.16. The highest BCUT2D eigenvalue weighted by Crippen LogP contribution is 2.26. The fraction of sp³-hybridized carbons (Fsp3) is 0.321. The van der Waals surface area contributed by atoms with Crippen LogP contribution in [-0.4, -0.2) is 54.7 Å². The van der Waals surface area contributed by atoms with Gasteiger partial charge in [-0.3, -0.25) is 4.79 Å². The zero-order chi connectivity index (χ0) is 27.6. The number of rotatable bonds is 8. The number of carbonyl (C=O) groups excluding carboxylic acids is 3. The highest BCUT2D eigenvalue weighted by molar-refractivity contribution is 7.89. The lowest BCUT2D eigenvalue weighted by Gasteiger charge is -2.28. The number of nitrogens with zero attached hydrogens (tertiary/aromatic N) is 1. The van der Waals surface area contributed by atoms with Crippen molar-refractivity contribution in [3.8, 4) is 0 Å². The number of H-pyrrole nitrogens is 1. The van der Waals surface area contributed by atoms with Crippen LogP contribution < -0.4 is 0 Å². The molecule has 0 spiro atoms. The van der Waals surface area contributed by atoms with Crippen molar-refractivity contribution in [1.29, 1.82) is 0 Å². The molecular weight excluding hydrogens is 508 g/mol. The molecule has 4 rings (SSSR count). The van der Waals surface area contributed by atoms with Gasteiger partial charge in [-0.05, 0) is 69.0 Å². The number of esters is 2. The number of sulfonamides is 1. The van der Waals surface area contributed by atoms with Crippen molar-refractivity contribution in [2.75, 3.05) is 13.2 Å². The number of nitrogens with one attached hydrogen (secondary N) is 1. The molecular formula is C28H30N2O7S. The van der Waals surface area contributed by atoms with E-state index in [-0.39, 0.29) is 34.9 Å². The summed E-state index contributed by atoms with van der Waals surface area (Å²) in [5.74, 6) is -1.90. The van der Waals surface area contributed by atoms with Crippen molar-refractivity contribution in [2.24, 2.45) is 0 Å². The van der Waals surface area contributed by atoms with E-state index in [9.17, 15) is 22.8 Å². The van der Waals surface area contributed by atoms with Gasteiger partial charge in [-0.15, -0.1) is 0 Å². The Morgan fingerprint density at radius 3 is 2.45 bits per heavy atom. The van der Waals surface area contributed by atoms with Gasteiger partial charge in [0.2, 0.25) is 15.8 Å². The molecule has 1 atom stereocenters. The molecule has 200 valence electrons. The summed E-state index contributed by atoms with van der Waals surface area (Å²) in [5.41, 5.74) is 3.38. The highest BCUT2D eigenvalue weighted by Gasteiger charge is 2.30. The summed E-state index contributed by atoms with van der Waals surface area (Å²) in [6.07, 6.45) is -0.583. The van der Waals surface area contributed by atoms with Gasteiger partial charge in [0, 0.05) is 18.8 Å². The monoisotopic (exact) mass is 538 g/mol. The average Bonchev–Trinajstić information content (AvgIpc) is 3.21. The molecule has 0 radical (unpaired) electrons. The summed E-state index contributed by atoms with van der Waals surface area (Å²) in [6, 6.07) is 13.3. The summed E-state index contributed by atoms with van der Waals surface area (Å²) in [7, 11) is -3.86. The van der Waals surface area contributed by atoms with Gasteiger partial charge < -0.3 is 14.5 Å². The van der Waals surface area contributed by atoms with Crippen LogP contribution in [0.2, 0.25) is 0 Å². The number of aromatic nitrogens is 1. The van der Waals surface area contributed by atoms with E-state index < -0.39 is 33.8 Å².